The Morgan fingerprint density at radius 1 is 1.03 bits per heavy atom. The van der Waals surface area contributed by atoms with Gasteiger partial charge in [-0.15, -0.1) is 0 Å². The third-order valence-electron chi connectivity index (χ3n) is 4.24. The average Bonchev–Trinajstić information content (AvgIpc) is 2.71. The van der Waals surface area contributed by atoms with E-state index in [1.807, 2.05) is 38.1 Å². The quantitative estimate of drug-likeness (QED) is 0.578. The van der Waals surface area contributed by atoms with Gasteiger partial charge in [-0.2, -0.15) is 0 Å². The van der Waals surface area contributed by atoms with Gasteiger partial charge in [0.1, 0.15) is 5.75 Å². The van der Waals surface area contributed by atoms with Crippen LogP contribution in [0.3, 0.4) is 0 Å². The Balaban J connectivity index is 1.84. The normalized spacial score (nSPS) is 11.4. The van der Waals surface area contributed by atoms with Gasteiger partial charge in [0.2, 0.25) is 10.0 Å². The van der Waals surface area contributed by atoms with E-state index >= 15 is 0 Å². The van der Waals surface area contributed by atoms with Crippen LogP contribution in [0.15, 0.2) is 53.4 Å². The minimum Gasteiger partial charge on any atom is -0.484 e. The summed E-state index contributed by atoms with van der Waals surface area (Å²) in [4.78, 5) is 12.2. The van der Waals surface area contributed by atoms with Crippen molar-refractivity contribution in [2.24, 2.45) is 5.92 Å². The maximum atomic E-state index is 12.2. The zero-order valence-electron chi connectivity index (χ0n) is 17.3. The van der Waals surface area contributed by atoms with Gasteiger partial charge in [0.15, 0.2) is 6.61 Å². The van der Waals surface area contributed by atoms with Crippen molar-refractivity contribution >= 4 is 21.6 Å². The fourth-order valence-electron chi connectivity index (χ4n) is 2.56. The van der Waals surface area contributed by atoms with E-state index in [0.29, 0.717) is 12.3 Å². The van der Waals surface area contributed by atoms with Crippen LogP contribution in [0.2, 0.25) is 0 Å². The highest BCUT2D eigenvalue weighted by Gasteiger charge is 2.14. The van der Waals surface area contributed by atoms with Crippen LogP contribution in [0.4, 0.5) is 5.69 Å². The van der Waals surface area contributed by atoms with Crippen LogP contribution in [0, 0.1) is 5.92 Å². The molecule has 0 unspecified atom stereocenters. The number of nitrogens with one attached hydrogen (secondary N) is 2. The summed E-state index contributed by atoms with van der Waals surface area (Å²) in [7, 11) is -3.54. The lowest BCUT2D eigenvalue weighted by atomic mass is 10.1. The van der Waals surface area contributed by atoms with Gasteiger partial charge in [0, 0.05) is 12.2 Å². The first-order chi connectivity index (χ1) is 13.8. The van der Waals surface area contributed by atoms with Crippen molar-refractivity contribution in [3.05, 3.63) is 54.1 Å². The zero-order chi connectivity index (χ0) is 21.3. The number of carbonyl (C=O) groups is 1. The molecule has 6 nitrogen and oxygen atoms in total. The fourth-order valence-corrected chi connectivity index (χ4v) is 3.77. The van der Waals surface area contributed by atoms with Crippen molar-refractivity contribution < 1.29 is 17.9 Å². The standard InChI is InChI=1S/C22H30N2O4S/c1-4-5-6-18-7-9-19(10-8-18)24-22(25)16-28-20-11-13-21(14-12-20)29(26,27)23-15-17(2)3/h7-14,17,23H,4-6,15-16H2,1-3H3,(H,24,25). The lowest BCUT2D eigenvalue weighted by Crippen LogP contribution is -2.27. The van der Waals surface area contributed by atoms with Gasteiger partial charge in [0.05, 0.1) is 4.90 Å². The number of benzene rings is 2. The smallest absolute Gasteiger partial charge is 0.262 e. The van der Waals surface area contributed by atoms with Crippen LogP contribution in [0.25, 0.3) is 0 Å². The first-order valence-electron chi connectivity index (χ1n) is 9.91. The van der Waals surface area contributed by atoms with E-state index in [4.69, 9.17) is 4.74 Å². The van der Waals surface area contributed by atoms with Gasteiger partial charge >= 0.3 is 0 Å². The lowest BCUT2D eigenvalue weighted by Gasteiger charge is -2.10. The largest absolute Gasteiger partial charge is 0.484 e. The highest BCUT2D eigenvalue weighted by atomic mass is 32.2. The predicted octanol–water partition coefficient (Wildman–Crippen LogP) is 3.98. The Bertz CT molecular complexity index is 876. The van der Waals surface area contributed by atoms with Crippen molar-refractivity contribution in [1.29, 1.82) is 0 Å². The average molecular weight is 419 g/mol. The Hall–Kier alpha value is -2.38. The maximum Gasteiger partial charge on any atom is 0.262 e. The molecule has 0 saturated heterocycles. The molecule has 0 aliphatic rings. The number of hydrogen-bond donors (Lipinski definition) is 2. The highest BCUT2D eigenvalue weighted by Crippen LogP contribution is 2.16. The molecular weight excluding hydrogens is 388 g/mol. The molecule has 158 valence electrons. The second-order valence-electron chi connectivity index (χ2n) is 7.35. The summed E-state index contributed by atoms with van der Waals surface area (Å²) in [6.45, 7) is 6.25. The van der Waals surface area contributed by atoms with Crippen LogP contribution in [-0.2, 0) is 21.2 Å². The third-order valence-corrected chi connectivity index (χ3v) is 5.68. The van der Waals surface area contributed by atoms with Crippen molar-refractivity contribution in [2.45, 2.75) is 44.9 Å². The summed E-state index contributed by atoms with van der Waals surface area (Å²) in [5.74, 6) is 0.373. The van der Waals surface area contributed by atoms with E-state index < -0.39 is 10.0 Å². The van der Waals surface area contributed by atoms with E-state index in [1.54, 1.807) is 12.1 Å². The topological polar surface area (TPSA) is 84.5 Å². The Morgan fingerprint density at radius 2 is 1.69 bits per heavy atom. The number of amides is 1. The first-order valence-corrected chi connectivity index (χ1v) is 11.4. The Kier molecular flexibility index (Phi) is 8.67. The molecule has 2 N–H and O–H groups in total. The molecular formula is C22H30N2O4S. The van der Waals surface area contributed by atoms with E-state index in [0.717, 1.165) is 24.9 Å². The molecule has 0 saturated carbocycles. The van der Waals surface area contributed by atoms with Crippen molar-refractivity contribution in [1.82, 2.24) is 4.72 Å². The summed E-state index contributed by atoms with van der Waals surface area (Å²) in [5.41, 5.74) is 1.97. The molecule has 2 aromatic rings. The van der Waals surface area contributed by atoms with Crippen LogP contribution < -0.4 is 14.8 Å². The molecule has 0 bridgehead atoms. The van der Waals surface area contributed by atoms with E-state index in [2.05, 4.69) is 17.0 Å². The second kappa shape index (κ2) is 11.0. The predicted molar refractivity (Wildman–Crippen MR) is 116 cm³/mol. The van der Waals surface area contributed by atoms with Crippen LogP contribution in [0.5, 0.6) is 5.75 Å². The van der Waals surface area contributed by atoms with E-state index in [1.165, 1.54) is 17.7 Å². The SMILES string of the molecule is CCCCc1ccc(NC(=O)COc2ccc(S(=O)(=O)NCC(C)C)cc2)cc1. The van der Waals surface area contributed by atoms with Gasteiger partial charge in [-0.05, 0) is 60.7 Å². The summed E-state index contributed by atoms with van der Waals surface area (Å²) in [6, 6.07) is 13.8. The van der Waals surface area contributed by atoms with Crippen molar-refractivity contribution in [2.75, 3.05) is 18.5 Å². The number of hydrogen-bond acceptors (Lipinski definition) is 4. The number of ether oxygens (including phenoxy) is 1. The fraction of sp³-hybridized carbons (Fsp3) is 0.409. The van der Waals surface area contributed by atoms with E-state index in [-0.39, 0.29) is 23.3 Å². The second-order valence-corrected chi connectivity index (χ2v) is 9.12. The zero-order valence-corrected chi connectivity index (χ0v) is 18.1. The summed E-state index contributed by atoms with van der Waals surface area (Å²) in [6.07, 6.45) is 3.33. The number of anilines is 1. The minimum atomic E-state index is -3.54. The number of sulfonamides is 1. The van der Waals surface area contributed by atoms with Crippen LogP contribution in [0.1, 0.15) is 39.2 Å². The number of aryl methyl sites for hydroxylation is 1. The first kappa shape index (κ1) is 22.9. The Labute approximate surface area is 173 Å². The maximum absolute atomic E-state index is 12.2. The van der Waals surface area contributed by atoms with E-state index in [9.17, 15) is 13.2 Å². The summed E-state index contributed by atoms with van der Waals surface area (Å²) in [5, 5.41) is 2.79. The summed E-state index contributed by atoms with van der Waals surface area (Å²) >= 11 is 0. The molecule has 2 aromatic carbocycles. The lowest BCUT2D eigenvalue weighted by molar-refractivity contribution is -0.118. The monoisotopic (exact) mass is 418 g/mol. The minimum absolute atomic E-state index is 0.157. The molecule has 0 heterocycles. The molecule has 0 fully saturated rings. The molecule has 0 aromatic heterocycles. The third kappa shape index (κ3) is 7.87. The molecule has 0 aliphatic carbocycles. The highest BCUT2D eigenvalue weighted by molar-refractivity contribution is 7.89. The number of carbonyl (C=O) groups excluding carboxylic acids is 1. The van der Waals surface area contributed by atoms with Crippen molar-refractivity contribution in [3.63, 3.8) is 0 Å². The number of unbranched alkanes of at least 4 members (excludes halogenated alkanes) is 1. The molecule has 7 heteroatoms. The van der Waals surface area contributed by atoms with Gasteiger partial charge in [-0.3, -0.25) is 4.79 Å². The van der Waals surface area contributed by atoms with Gasteiger partial charge < -0.3 is 10.1 Å². The number of rotatable bonds is 11. The molecule has 2 rings (SSSR count). The molecule has 29 heavy (non-hydrogen) atoms. The van der Waals surface area contributed by atoms with Crippen molar-refractivity contribution in [3.8, 4) is 5.75 Å². The molecule has 0 spiro atoms. The molecule has 0 radical (unpaired) electrons. The van der Waals surface area contributed by atoms with Crippen LogP contribution >= 0.6 is 0 Å². The Morgan fingerprint density at radius 3 is 2.28 bits per heavy atom. The van der Waals surface area contributed by atoms with Gasteiger partial charge in [-0.1, -0.05) is 39.3 Å². The molecule has 1 amide bonds. The van der Waals surface area contributed by atoms with Gasteiger partial charge in [0.25, 0.3) is 5.91 Å². The van der Waals surface area contributed by atoms with Crippen LogP contribution in [-0.4, -0.2) is 27.5 Å². The molecule has 0 aliphatic heterocycles. The summed E-state index contributed by atoms with van der Waals surface area (Å²) < 4.78 is 32.4. The molecule has 0 atom stereocenters. The van der Waals surface area contributed by atoms with Gasteiger partial charge in [-0.25, -0.2) is 13.1 Å².